The van der Waals surface area contributed by atoms with Crippen LogP contribution in [0.15, 0.2) is 0 Å². The first-order chi connectivity index (χ1) is 10.2. The summed E-state index contributed by atoms with van der Waals surface area (Å²) in [4.78, 5) is 14.8. The van der Waals surface area contributed by atoms with Gasteiger partial charge in [-0.25, -0.2) is 0 Å². The topological polar surface area (TPSA) is 41.6 Å². The summed E-state index contributed by atoms with van der Waals surface area (Å²) < 4.78 is 6.23. The minimum Gasteiger partial charge on any atom is -0.362 e. The average molecular weight is 292 g/mol. The fraction of sp³-hybridized carbons (Fsp3) is 0.941. The van der Waals surface area contributed by atoms with Crippen molar-refractivity contribution in [1.82, 2.24) is 10.2 Å². The quantitative estimate of drug-likeness (QED) is 0.842. The lowest BCUT2D eigenvalue weighted by molar-refractivity contribution is -0.140. The Labute approximate surface area is 127 Å². The van der Waals surface area contributed by atoms with Crippen molar-refractivity contribution in [2.75, 3.05) is 26.2 Å². The lowest BCUT2D eigenvalue weighted by Gasteiger charge is -2.39. The first-order valence-electron chi connectivity index (χ1n) is 8.90. The molecule has 4 heteroatoms. The molecule has 0 bridgehead atoms. The minimum absolute atomic E-state index is 0.0155. The number of likely N-dealkylation sites (tertiary alicyclic amines) is 1. The number of hydrogen-bond donors (Lipinski definition) is 1. The zero-order valence-electron chi connectivity index (χ0n) is 13.0. The molecule has 2 aliphatic heterocycles. The van der Waals surface area contributed by atoms with Crippen molar-refractivity contribution in [3.63, 3.8) is 0 Å². The Morgan fingerprint density at radius 3 is 2.43 bits per heavy atom. The van der Waals surface area contributed by atoms with Gasteiger partial charge in [0.1, 0.15) is 6.10 Å². The molecule has 0 aromatic heterocycles. The monoisotopic (exact) mass is 292 g/mol. The molecule has 4 rings (SSSR count). The van der Waals surface area contributed by atoms with Gasteiger partial charge in [-0.15, -0.1) is 0 Å². The lowest BCUT2D eigenvalue weighted by Crippen LogP contribution is -2.46. The zero-order chi connectivity index (χ0) is 14.3. The van der Waals surface area contributed by atoms with Crippen LogP contribution in [-0.4, -0.2) is 48.7 Å². The predicted molar refractivity (Wildman–Crippen MR) is 81.0 cm³/mol. The molecule has 1 spiro atoms. The fourth-order valence-corrected chi connectivity index (χ4v) is 3.86. The van der Waals surface area contributed by atoms with Crippen LogP contribution >= 0.6 is 0 Å². The third kappa shape index (κ3) is 3.42. The van der Waals surface area contributed by atoms with Crippen molar-refractivity contribution in [1.29, 1.82) is 0 Å². The lowest BCUT2D eigenvalue weighted by atomic mass is 9.88. The summed E-state index contributed by atoms with van der Waals surface area (Å²) in [5, 5.41) is 3.08. The molecule has 0 unspecified atom stereocenters. The SMILES string of the molecule is O=C(NCC1CC1)[C@@H]1CCC2(CCN(CC3CC3)CC2)O1. The highest BCUT2D eigenvalue weighted by Gasteiger charge is 2.45. The van der Waals surface area contributed by atoms with E-state index < -0.39 is 0 Å². The summed E-state index contributed by atoms with van der Waals surface area (Å²) in [7, 11) is 0. The van der Waals surface area contributed by atoms with Crippen molar-refractivity contribution in [3.05, 3.63) is 0 Å². The number of rotatable bonds is 5. The predicted octanol–water partition coefficient (Wildman–Crippen LogP) is 1.94. The van der Waals surface area contributed by atoms with Crippen molar-refractivity contribution in [2.45, 2.75) is 63.1 Å². The highest BCUT2D eigenvalue weighted by atomic mass is 16.5. The Kier molecular flexibility index (Phi) is 3.70. The van der Waals surface area contributed by atoms with Gasteiger partial charge in [0.15, 0.2) is 0 Å². The summed E-state index contributed by atoms with van der Waals surface area (Å²) in [6.07, 6.45) is 9.48. The van der Waals surface area contributed by atoms with Crippen molar-refractivity contribution in [3.8, 4) is 0 Å². The minimum atomic E-state index is -0.182. The molecule has 4 fully saturated rings. The third-order valence-electron chi connectivity index (χ3n) is 5.79. The highest BCUT2D eigenvalue weighted by Crippen LogP contribution is 2.40. The van der Waals surface area contributed by atoms with Gasteiger partial charge in [0.2, 0.25) is 5.91 Å². The van der Waals surface area contributed by atoms with E-state index in [0.717, 1.165) is 57.2 Å². The molecular formula is C17H28N2O2. The normalized spacial score (nSPS) is 32.5. The van der Waals surface area contributed by atoms with Gasteiger partial charge >= 0.3 is 0 Å². The van der Waals surface area contributed by atoms with Gasteiger partial charge in [0.05, 0.1) is 5.60 Å². The summed E-state index contributed by atoms with van der Waals surface area (Å²) in [6, 6.07) is 0. The molecule has 2 heterocycles. The number of carbonyl (C=O) groups is 1. The van der Waals surface area contributed by atoms with Crippen LogP contribution < -0.4 is 5.32 Å². The van der Waals surface area contributed by atoms with E-state index in [1.807, 2.05) is 0 Å². The van der Waals surface area contributed by atoms with Crippen LogP contribution in [0.1, 0.15) is 51.4 Å². The van der Waals surface area contributed by atoms with Gasteiger partial charge in [-0.1, -0.05) is 0 Å². The maximum Gasteiger partial charge on any atom is 0.249 e. The zero-order valence-corrected chi connectivity index (χ0v) is 13.0. The second-order valence-electron chi connectivity index (χ2n) is 7.76. The molecule has 4 aliphatic rings. The molecule has 2 aliphatic carbocycles. The molecular weight excluding hydrogens is 264 g/mol. The maximum absolute atomic E-state index is 12.2. The standard InChI is InChI=1S/C17H28N2O2/c20-16(18-11-13-1-2-13)15-5-6-17(21-15)7-9-19(10-8-17)12-14-3-4-14/h13-15H,1-12H2,(H,18,20)/t15-/m0/s1. The summed E-state index contributed by atoms with van der Waals surface area (Å²) in [5.74, 6) is 1.86. The van der Waals surface area contributed by atoms with Crippen LogP contribution in [0.25, 0.3) is 0 Å². The molecule has 118 valence electrons. The van der Waals surface area contributed by atoms with Crippen molar-refractivity contribution in [2.24, 2.45) is 11.8 Å². The number of carbonyl (C=O) groups excluding carboxylic acids is 1. The van der Waals surface area contributed by atoms with Crippen molar-refractivity contribution < 1.29 is 9.53 Å². The van der Waals surface area contributed by atoms with E-state index >= 15 is 0 Å². The van der Waals surface area contributed by atoms with Crippen LogP contribution in [0.4, 0.5) is 0 Å². The van der Waals surface area contributed by atoms with Gasteiger partial charge in [0.25, 0.3) is 0 Å². The van der Waals surface area contributed by atoms with E-state index in [1.165, 1.54) is 32.2 Å². The van der Waals surface area contributed by atoms with E-state index in [-0.39, 0.29) is 17.6 Å². The molecule has 0 aromatic rings. The van der Waals surface area contributed by atoms with Gasteiger partial charge in [-0.05, 0) is 63.2 Å². The smallest absolute Gasteiger partial charge is 0.249 e. The molecule has 0 radical (unpaired) electrons. The molecule has 0 aromatic carbocycles. The Hall–Kier alpha value is -0.610. The Bertz CT molecular complexity index is 396. The van der Waals surface area contributed by atoms with E-state index in [1.54, 1.807) is 0 Å². The Balaban J connectivity index is 1.24. The van der Waals surface area contributed by atoms with Gasteiger partial charge in [-0.2, -0.15) is 0 Å². The van der Waals surface area contributed by atoms with Crippen LogP contribution in [0.3, 0.4) is 0 Å². The Morgan fingerprint density at radius 1 is 1.05 bits per heavy atom. The van der Waals surface area contributed by atoms with Crippen molar-refractivity contribution >= 4 is 5.91 Å². The maximum atomic E-state index is 12.2. The van der Waals surface area contributed by atoms with Crippen LogP contribution in [0.2, 0.25) is 0 Å². The van der Waals surface area contributed by atoms with Crippen LogP contribution in [-0.2, 0) is 9.53 Å². The molecule has 4 nitrogen and oxygen atoms in total. The first-order valence-corrected chi connectivity index (χ1v) is 8.90. The van der Waals surface area contributed by atoms with Gasteiger partial charge in [-0.3, -0.25) is 4.79 Å². The second kappa shape index (κ2) is 5.54. The largest absolute Gasteiger partial charge is 0.362 e. The second-order valence-corrected chi connectivity index (χ2v) is 7.76. The van der Waals surface area contributed by atoms with E-state index in [9.17, 15) is 4.79 Å². The first kappa shape index (κ1) is 14.0. The van der Waals surface area contributed by atoms with Crippen LogP contribution in [0.5, 0.6) is 0 Å². The van der Waals surface area contributed by atoms with E-state index in [4.69, 9.17) is 4.74 Å². The van der Waals surface area contributed by atoms with Gasteiger partial charge < -0.3 is 15.0 Å². The number of nitrogens with zero attached hydrogens (tertiary/aromatic N) is 1. The van der Waals surface area contributed by atoms with Crippen LogP contribution in [0, 0.1) is 11.8 Å². The molecule has 2 saturated heterocycles. The molecule has 1 amide bonds. The highest BCUT2D eigenvalue weighted by molar-refractivity contribution is 5.81. The summed E-state index contributed by atoms with van der Waals surface area (Å²) in [6.45, 7) is 4.47. The third-order valence-corrected chi connectivity index (χ3v) is 5.79. The van der Waals surface area contributed by atoms with Gasteiger partial charge in [0, 0.05) is 26.2 Å². The molecule has 1 atom stereocenters. The molecule has 1 N–H and O–H groups in total. The fourth-order valence-electron chi connectivity index (χ4n) is 3.86. The Morgan fingerprint density at radius 2 is 1.76 bits per heavy atom. The number of amides is 1. The molecule has 21 heavy (non-hydrogen) atoms. The van der Waals surface area contributed by atoms with E-state index in [2.05, 4.69) is 10.2 Å². The summed E-state index contributed by atoms with van der Waals surface area (Å²) >= 11 is 0. The number of piperidine rings is 1. The molecule has 2 saturated carbocycles. The summed E-state index contributed by atoms with van der Waals surface area (Å²) in [5.41, 5.74) is 0.0155. The number of ether oxygens (including phenoxy) is 1. The average Bonchev–Trinajstić information content (AvgIpc) is 3.41. The number of hydrogen-bond acceptors (Lipinski definition) is 3. The number of nitrogens with one attached hydrogen (secondary N) is 1. The van der Waals surface area contributed by atoms with E-state index in [0.29, 0.717) is 0 Å².